The molecule has 0 saturated carbocycles. The minimum absolute atomic E-state index is 0.237. The van der Waals surface area contributed by atoms with E-state index in [4.69, 9.17) is 9.72 Å². The Morgan fingerprint density at radius 3 is 2.27 bits per heavy atom. The zero-order chi connectivity index (χ0) is 21.5. The zero-order valence-electron chi connectivity index (χ0n) is 17.8. The molecule has 1 aliphatic heterocycles. The van der Waals surface area contributed by atoms with E-state index in [9.17, 15) is 8.42 Å². The van der Waals surface area contributed by atoms with Gasteiger partial charge in [-0.3, -0.25) is 0 Å². The number of sulfonamides is 1. The number of rotatable bonds is 4. The molecular formula is C23H27N3O3S. The Kier molecular flexibility index (Phi) is 5.42. The van der Waals surface area contributed by atoms with Crippen molar-refractivity contribution in [2.45, 2.75) is 25.7 Å². The first kappa shape index (κ1) is 20.6. The molecule has 0 spiro atoms. The highest BCUT2D eigenvalue weighted by atomic mass is 32.2. The van der Waals surface area contributed by atoms with Crippen molar-refractivity contribution in [3.05, 3.63) is 59.2 Å². The van der Waals surface area contributed by atoms with Crippen LogP contribution in [-0.4, -0.2) is 51.0 Å². The van der Waals surface area contributed by atoms with Crippen molar-refractivity contribution in [2.24, 2.45) is 0 Å². The van der Waals surface area contributed by atoms with Crippen LogP contribution >= 0.6 is 0 Å². The predicted octanol–water partition coefficient (Wildman–Crippen LogP) is 3.68. The lowest BCUT2D eigenvalue weighted by atomic mass is 10.1. The second-order valence-corrected chi connectivity index (χ2v) is 9.70. The maximum Gasteiger partial charge on any atom is 0.246 e. The van der Waals surface area contributed by atoms with E-state index in [1.54, 1.807) is 16.4 Å². The molecule has 0 N–H and O–H groups in total. The van der Waals surface area contributed by atoms with Gasteiger partial charge in [-0.05, 0) is 61.7 Å². The van der Waals surface area contributed by atoms with Crippen LogP contribution in [0.3, 0.4) is 0 Å². The zero-order valence-corrected chi connectivity index (χ0v) is 18.7. The summed E-state index contributed by atoms with van der Waals surface area (Å²) in [6.07, 6.45) is 0. The lowest BCUT2D eigenvalue weighted by molar-refractivity contribution is 0.373. The van der Waals surface area contributed by atoms with Gasteiger partial charge in [0.15, 0.2) is 0 Å². The fourth-order valence-electron chi connectivity index (χ4n) is 3.91. The van der Waals surface area contributed by atoms with Crippen molar-refractivity contribution < 1.29 is 13.2 Å². The van der Waals surface area contributed by atoms with Gasteiger partial charge < -0.3 is 9.64 Å². The van der Waals surface area contributed by atoms with Gasteiger partial charge in [0.05, 0.1) is 12.6 Å². The van der Waals surface area contributed by atoms with Gasteiger partial charge >= 0.3 is 0 Å². The first-order chi connectivity index (χ1) is 14.3. The number of anilines is 1. The minimum Gasteiger partial charge on any atom is -0.495 e. The van der Waals surface area contributed by atoms with Gasteiger partial charge in [-0.25, -0.2) is 13.4 Å². The molecular weight excluding hydrogens is 398 g/mol. The van der Waals surface area contributed by atoms with E-state index >= 15 is 0 Å². The number of aryl methyl sites for hydroxylation is 3. The number of nitrogens with zero attached hydrogens (tertiary/aromatic N) is 3. The van der Waals surface area contributed by atoms with Crippen LogP contribution in [0.5, 0.6) is 5.75 Å². The Bertz CT molecular complexity index is 1200. The SMILES string of the molecule is COc1cc(C)c(C)cc1S(=O)(=O)N1CCN(c2cc(C)c3ccccc3n2)CC1. The smallest absolute Gasteiger partial charge is 0.246 e. The van der Waals surface area contributed by atoms with Gasteiger partial charge in [-0.2, -0.15) is 4.31 Å². The number of fused-ring (bicyclic) bond motifs is 1. The van der Waals surface area contributed by atoms with Crippen molar-refractivity contribution in [3.63, 3.8) is 0 Å². The highest BCUT2D eigenvalue weighted by molar-refractivity contribution is 7.89. The number of ether oxygens (including phenoxy) is 1. The van der Waals surface area contributed by atoms with Gasteiger partial charge in [0.25, 0.3) is 0 Å². The number of aromatic nitrogens is 1. The number of methoxy groups -OCH3 is 1. The second kappa shape index (κ2) is 7.89. The van der Waals surface area contributed by atoms with Crippen LogP contribution in [0.4, 0.5) is 5.82 Å². The van der Waals surface area contributed by atoms with E-state index in [0.29, 0.717) is 31.9 Å². The molecule has 1 aromatic heterocycles. The van der Waals surface area contributed by atoms with Gasteiger partial charge in [-0.1, -0.05) is 18.2 Å². The van der Waals surface area contributed by atoms with E-state index < -0.39 is 10.0 Å². The molecule has 7 heteroatoms. The van der Waals surface area contributed by atoms with Crippen LogP contribution in [0.15, 0.2) is 47.4 Å². The standard InChI is InChI=1S/C23H27N3O3S/c1-16-13-21(29-4)22(14-17(16)2)30(27,28)26-11-9-25(10-12-26)23-15-18(3)19-7-5-6-8-20(19)24-23/h5-8,13-15H,9-12H2,1-4H3. The Morgan fingerprint density at radius 1 is 0.900 bits per heavy atom. The molecule has 0 aliphatic carbocycles. The number of pyridine rings is 1. The van der Waals surface area contributed by atoms with E-state index in [1.807, 2.05) is 32.0 Å². The molecule has 1 aliphatic rings. The molecule has 6 nitrogen and oxygen atoms in total. The van der Waals surface area contributed by atoms with E-state index in [0.717, 1.165) is 27.8 Å². The molecule has 0 amide bonds. The molecule has 0 radical (unpaired) electrons. The number of piperazine rings is 1. The van der Waals surface area contributed by atoms with E-state index in [1.165, 1.54) is 12.7 Å². The van der Waals surface area contributed by atoms with E-state index in [2.05, 4.69) is 24.0 Å². The molecule has 0 unspecified atom stereocenters. The number of benzene rings is 2. The molecule has 3 aromatic rings. The quantitative estimate of drug-likeness (QED) is 0.638. The van der Waals surface area contributed by atoms with Crippen molar-refractivity contribution in [1.29, 1.82) is 0 Å². The van der Waals surface area contributed by atoms with Crippen molar-refractivity contribution in [3.8, 4) is 5.75 Å². The van der Waals surface area contributed by atoms with Crippen LogP contribution in [0.2, 0.25) is 0 Å². The summed E-state index contributed by atoms with van der Waals surface area (Å²) in [6, 6.07) is 13.7. The normalized spacial score (nSPS) is 15.5. The summed E-state index contributed by atoms with van der Waals surface area (Å²) in [5.74, 6) is 1.29. The molecule has 1 fully saturated rings. The third-order valence-electron chi connectivity index (χ3n) is 5.87. The molecule has 0 bridgehead atoms. The van der Waals surface area contributed by atoms with Crippen LogP contribution < -0.4 is 9.64 Å². The third-order valence-corrected chi connectivity index (χ3v) is 7.79. The van der Waals surface area contributed by atoms with Crippen molar-refractivity contribution in [2.75, 3.05) is 38.2 Å². The highest BCUT2D eigenvalue weighted by Crippen LogP contribution is 2.31. The number of hydrogen-bond acceptors (Lipinski definition) is 5. The summed E-state index contributed by atoms with van der Waals surface area (Å²) < 4.78 is 33.6. The lowest BCUT2D eigenvalue weighted by Gasteiger charge is -2.35. The molecule has 4 rings (SSSR count). The van der Waals surface area contributed by atoms with Crippen molar-refractivity contribution in [1.82, 2.24) is 9.29 Å². The van der Waals surface area contributed by atoms with Gasteiger partial charge in [0, 0.05) is 31.6 Å². The summed E-state index contributed by atoms with van der Waals surface area (Å²) >= 11 is 0. The fraction of sp³-hybridized carbons (Fsp3) is 0.348. The average Bonchev–Trinajstić information content (AvgIpc) is 2.75. The van der Waals surface area contributed by atoms with Crippen LogP contribution in [0.1, 0.15) is 16.7 Å². The average molecular weight is 426 g/mol. The second-order valence-electron chi connectivity index (χ2n) is 7.79. The number of para-hydroxylation sites is 1. The fourth-order valence-corrected chi connectivity index (χ4v) is 5.56. The minimum atomic E-state index is -3.63. The Labute approximate surface area is 178 Å². The first-order valence-corrected chi connectivity index (χ1v) is 11.5. The molecule has 0 atom stereocenters. The Balaban J connectivity index is 1.57. The van der Waals surface area contributed by atoms with Crippen LogP contribution in [-0.2, 0) is 10.0 Å². The van der Waals surface area contributed by atoms with Gasteiger partial charge in [-0.15, -0.1) is 0 Å². The molecule has 1 saturated heterocycles. The number of hydrogen-bond donors (Lipinski definition) is 0. The first-order valence-electron chi connectivity index (χ1n) is 10.1. The maximum atomic E-state index is 13.3. The van der Waals surface area contributed by atoms with Crippen LogP contribution in [0.25, 0.3) is 10.9 Å². The molecule has 158 valence electrons. The van der Waals surface area contributed by atoms with Crippen molar-refractivity contribution >= 4 is 26.7 Å². The monoisotopic (exact) mass is 425 g/mol. The summed E-state index contributed by atoms with van der Waals surface area (Å²) in [5, 5.41) is 1.14. The summed E-state index contributed by atoms with van der Waals surface area (Å²) in [5.41, 5.74) is 4.07. The molecule has 2 heterocycles. The highest BCUT2D eigenvalue weighted by Gasteiger charge is 2.31. The Hall–Kier alpha value is -2.64. The van der Waals surface area contributed by atoms with Gasteiger partial charge in [0.1, 0.15) is 16.5 Å². The lowest BCUT2D eigenvalue weighted by Crippen LogP contribution is -2.49. The summed E-state index contributed by atoms with van der Waals surface area (Å²) in [6.45, 7) is 7.96. The summed E-state index contributed by atoms with van der Waals surface area (Å²) in [4.78, 5) is 7.18. The largest absolute Gasteiger partial charge is 0.495 e. The van der Waals surface area contributed by atoms with Gasteiger partial charge in [0.2, 0.25) is 10.0 Å². The molecule has 2 aromatic carbocycles. The maximum absolute atomic E-state index is 13.3. The molecule has 30 heavy (non-hydrogen) atoms. The topological polar surface area (TPSA) is 62.7 Å². The van der Waals surface area contributed by atoms with E-state index in [-0.39, 0.29) is 4.90 Å². The van der Waals surface area contributed by atoms with Crippen LogP contribution in [0, 0.1) is 20.8 Å². The predicted molar refractivity (Wildman–Crippen MR) is 120 cm³/mol. The summed E-state index contributed by atoms with van der Waals surface area (Å²) in [7, 11) is -2.12. The Morgan fingerprint density at radius 2 is 1.57 bits per heavy atom. The third kappa shape index (κ3) is 3.63.